The van der Waals surface area contributed by atoms with Crippen LogP contribution in [0.4, 0.5) is 0 Å². The zero-order chi connectivity index (χ0) is 6.50. The molecule has 2 heteroatoms. The van der Waals surface area contributed by atoms with Gasteiger partial charge in [0.05, 0.1) is 0 Å². The van der Waals surface area contributed by atoms with Gasteiger partial charge >= 0.3 is 27.0 Å². The van der Waals surface area contributed by atoms with E-state index in [4.69, 9.17) is 9.69 Å². The second-order valence-electron chi connectivity index (χ2n) is 2.56. The first-order chi connectivity index (χ1) is 3.00. The maximum atomic E-state index is 4.76. The average Bonchev–Trinajstić information content (AvgIpc) is 1.36. The van der Waals surface area contributed by atoms with E-state index in [-0.39, 0.29) is 5.41 Å². The number of halogens is 1. The Morgan fingerprint density at radius 1 is 1.29 bits per heavy atom. The van der Waals surface area contributed by atoms with Crippen LogP contribution in [0.25, 0.3) is 0 Å². The molecule has 0 atom stereocenters. The third-order valence-corrected chi connectivity index (χ3v) is 0. The van der Waals surface area contributed by atoms with Crippen molar-refractivity contribution in [3.63, 3.8) is 0 Å². The van der Waals surface area contributed by atoms with Gasteiger partial charge in [0.1, 0.15) is 0 Å². The van der Waals surface area contributed by atoms with Gasteiger partial charge in [-0.05, 0) is 0 Å². The van der Waals surface area contributed by atoms with Crippen LogP contribution in [0.2, 0.25) is 0 Å². The van der Waals surface area contributed by atoms with E-state index in [1.165, 1.54) is 0 Å². The third-order valence-electron chi connectivity index (χ3n) is 0. The van der Waals surface area contributed by atoms with Gasteiger partial charge in [-0.25, -0.2) is 0 Å². The molecule has 0 heterocycles. The van der Waals surface area contributed by atoms with Gasteiger partial charge in [0.25, 0.3) is 0 Å². The van der Waals surface area contributed by atoms with Gasteiger partial charge in [0.2, 0.25) is 0 Å². The number of hydrogen-bond acceptors (Lipinski definition) is 0. The summed E-state index contributed by atoms with van der Waals surface area (Å²) in [6.07, 6.45) is 0. The molecule has 0 aliphatic heterocycles. The monoisotopic (exact) mass is 170 g/mol. The van der Waals surface area contributed by atoms with Crippen LogP contribution in [0.5, 0.6) is 0 Å². The van der Waals surface area contributed by atoms with Crippen LogP contribution in [-0.4, -0.2) is 0 Å². The van der Waals surface area contributed by atoms with E-state index < -0.39 is 0 Å². The molecule has 0 aromatic rings. The van der Waals surface area contributed by atoms with E-state index in [0.29, 0.717) is 0 Å². The number of rotatable bonds is 0. The summed E-state index contributed by atoms with van der Waals surface area (Å²) >= 11 is 0.847. The Morgan fingerprint density at radius 3 is 1.29 bits per heavy atom. The van der Waals surface area contributed by atoms with Gasteiger partial charge in [-0.15, -0.1) is 0 Å². The summed E-state index contributed by atoms with van der Waals surface area (Å²) in [4.78, 5) is 0. The molecule has 40 valence electrons. The summed E-state index contributed by atoms with van der Waals surface area (Å²) in [5.74, 6) is 0. The molecule has 0 unspecified atom stereocenters. The van der Waals surface area contributed by atoms with Crippen LogP contribution in [0.3, 0.4) is 0 Å². The van der Waals surface area contributed by atoms with Crippen molar-refractivity contribution in [2.24, 2.45) is 5.41 Å². The van der Waals surface area contributed by atoms with Gasteiger partial charge < -0.3 is 6.92 Å². The molecular weight excluding hydrogens is 161 g/mol. The normalized spacial score (nSPS) is 9.57. The first-order valence-corrected chi connectivity index (χ1v) is 6.02. The summed E-state index contributed by atoms with van der Waals surface area (Å²) in [5, 5.41) is 0. The van der Waals surface area contributed by atoms with Crippen molar-refractivity contribution in [2.45, 2.75) is 20.8 Å². The summed E-state index contributed by atoms with van der Waals surface area (Å²) < 4.78 is 0. The molecule has 0 rings (SSSR count). The maximum absolute atomic E-state index is 4.76. The molecule has 0 aromatic heterocycles. The zero-order valence-electron chi connectivity index (χ0n) is 5.29. The molecule has 0 aromatic carbocycles. The van der Waals surface area contributed by atoms with Gasteiger partial charge in [0, 0.05) is 0 Å². The van der Waals surface area contributed by atoms with E-state index in [0.717, 1.165) is 17.3 Å². The standard InChI is InChI=1S/C5H11.ClH.Zn/c1-5(2,3)4;;/h1H2,2-4H3;1H;/q-1;;+2/p-1. The molecule has 0 bridgehead atoms. The first-order valence-electron chi connectivity index (χ1n) is 2.12. The number of hydrogen-bond donors (Lipinski definition) is 0. The second kappa shape index (κ2) is 5.06. The van der Waals surface area contributed by atoms with Gasteiger partial charge in [-0.2, -0.15) is 5.41 Å². The Balaban J connectivity index is 0. The van der Waals surface area contributed by atoms with E-state index in [1.54, 1.807) is 0 Å². The average molecular weight is 172 g/mol. The van der Waals surface area contributed by atoms with Crippen molar-refractivity contribution in [1.82, 2.24) is 0 Å². The molecule has 7 heavy (non-hydrogen) atoms. The van der Waals surface area contributed by atoms with Crippen LogP contribution in [0.15, 0.2) is 0 Å². The Labute approximate surface area is 60.4 Å². The van der Waals surface area contributed by atoms with Gasteiger partial charge in [0.15, 0.2) is 0 Å². The molecule has 0 saturated carbocycles. The minimum atomic E-state index is 0.250. The van der Waals surface area contributed by atoms with E-state index in [2.05, 4.69) is 27.7 Å². The summed E-state index contributed by atoms with van der Waals surface area (Å²) in [6, 6.07) is 0. The Bertz CT molecular complexity index is 23.6. The molecule has 0 nitrogen and oxygen atoms in total. The van der Waals surface area contributed by atoms with Gasteiger partial charge in [-0.1, -0.05) is 20.8 Å². The summed E-state index contributed by atoms with van der Waals surface area (Å²) in [5.41, 5.74) is 0.250. The van der Waals surface area contributed by atoms with Crippen LogP contribution in [0, 0.1) is 12.3 Å². The van der Waals surface area contributed by atoms with Crippen molar-refractivity contribution >= 4 is 9.69 Å². The van der Waals surface area contributed by atoms with Crippen molar-refractivity contribution in [3.05, 3.63) is 6.92 Å². The van der Waals surface area contributed by atoms with Crippen molar-refractivity contribution in [2.75, 3.05) is 0 Å². The fourth-order valence-electron chi connectivity index (χ4n) is 0. The summed E-state index contributed by atoms with van der Waals surface area (Å²) in [7, 11) is 4.76. The molecule has 0 aliphatic carbocycles. The molecule has 0 N–H and O–H groups in total. The van der Waals surface area contributed by atoms with Crippen LogP contribution < -0.4 is 0 Å². The SMILES string of the molecule is [CH2-]C(C)(C)C.[Cl][Zn+]. The van der Waals surface area contributed by atoms with Crippen molar-refractivity contribution in [1.29, 1.82) is 0 Å². The molecule has 0 radical (unpaired) electrons. The van der Waals surface area contributed by atoms with Crippen LogP contribution in [0.1, 0.15) is 20.8 Å². The molecular formula is C5H11ClZn. The molecule has 0 spiro atoms. The van der Waals surface area contributed by atoms with Crippen molar-refractivity contribution in [3.8, 4) is 0 Å². The second-order valence-corrected chi connectivity index (χ2v) is 2.56. The molecule has 0 aliphatic rings. The minimum absolute atomic E-state index is 0.250. The zero-order valence-corrected chi connectivity index (χ0v) is 9.02. The Kier molecular flexibility index (Phi) is 7.82. The Morgan fingerprint density at radius 2 is 1.29 bits per heavy atom. The predicted octanol–water partition coefficient (Wildman–Crippen LogP) is 2.55. The Hall–Kier alpha value is 0.913. The first kappa shape index (κ1) is 10.8. The van der Waals surface area contributed by atoms with Crippen LogP contribution in [-0.2, 0) is 17.3 Å². The summed E-state index contributed by atoms with van der Waals surface area (Å²) in [6.45, 7) is 10.0. The van der Waals surface area contributed by atoms with Crippen LogP contribution >= 0.6 is 9.69 Å². The topological polar surface area (TPSA) is 0 Å². The van der Waals surface area contributed by atoms with E-state index in [9.17, 15) is 0 Å². The quantitative estimate of drug-likeness (QED) is 0.389. The van der Waals surface area contributed by atoms with E-state index >= 15 is 0 Å². The third kappa shape index (κ3) is 200. The van der Waals surface area contributed by atoms with E-state index in [1.807, 2.05) is 0 Å². The molecule has 0 fully saturated rings. The fourth-order valence-corrected chi connectivity index (χ4v) is 0. The molecule has 0 amide bonds. The van der Waals surface area contributed by atoms with Crippen molar-refractivity contribution < 1.29 is 17.3 Å². The molecule has 0 saturated heterocycles. The fraction of sp³-hybridized carbons (Fsp3) is 0.800. The van der Waals surface area contributed by atoms with Gasteiger partial charge in [-0.3, -0.25) is 0 Å². The predicted molar refractivity (Wildman–Crippen MR) is 30.7 cm³/mol.